The Balaban J connectivity index is 1.82. The SMILES string of the molecule is CC1SCC(c2noc(-c3ccccc3O)n2)SC1C. The Hall–Kier alpha value is -1.14. The van der Waals surface area contributed by atoms with Gasteiger partial charge in [0.1, 0.15) is 5.75 Å². The minimum absolute atomic E-state index is 0.162. The maximum atomic E-state index is 9.82. The Morgan fingerprint density at radius 3 is 2.80 bits per heavy atom. The first-order chi connectivity index (χ1) is 9.65. The molecule has 106 valence electrons. The highest BCUT2D eigenvalue weighted by Crippen LogP contribution is 2.43. The average Bonchev–Trinajstić information content (AvgIpc) is 2.92. The normalized spacial score (nSPS) is 26.6. The van der Waals surface area contributed by atoms with Gasteiger partial charge in [0.2, 0.25) is 0 Å². The molecule has 2 heterocycles. The monoisotopic (exact) mass is 308 g/mol. The van der Waals surface area contributed by atoms with Crippen LogP contribution in [0.5, 0.6) is 5.75 Å². The van der Waals surface area contributed by atoms with Crippen molar-refractivity contribution >= 4 is 23.5 Å². The second-order valence-corrected chi connectivity index (χ2v) is 7.84. The molecule has 0 saturated carbocycles. The molecule has 0 radical (unpaired) electrons. The van der Waals surface area contributed by atoms with E-state index in [1.165, 1.54) is 0 Å². The number of benzene rings is 1. The fourth-order valence-corrected chi connectivity index (χ4v) is 4.88. The van der Waals surface area contributed by atoms with Crippen LogP contribution in [-0.2, 0) is 0 Å². The fraction of sp³-hybridized carbons (Fsp3) is 0.429. The van der Waals surface area contributed by atoms with Gasteiger partial charge in [-0.25, -0.2) is 0 Å². The van der Waals surface area contributed by atoms with Gasteiger partial charge >= 0.3 is 0 Å². The average molecular weight is 308 g/mol. The standard InChI is InChI=1S/C14H16N2O2S2/c1-8-9(2)20-12(7-19-8)13-15-14(18-16-13)10-5-3-4-6-11(10)17/h3-6,8-9,12,17H,7H2,1-2H3. The summed E-state index contributed by atoms with van der Waals surface area (Å²) in [7, 11) is 0. The maximum absolute atomic E-state index is 9.82. The Kier molecular flexibility index (Phi) is 3.94. The number of nitrogens with zero attached hydrogens (tertiary/aromatic N) is 2. The smallest absolute Gasteiger partial charge is 0.261 e. The third-order valence-electron chi connectivity index (χ3n) is 3.41. The number of rotatable bonds is 2. The van der Waals surface area contributed by atoms with Crippen molar-refractivity contribution in [3.8, 4) is 17.2 Å². The minimum Gasteiger partial charge on any atom is -0.507 e. The summed E-state index contributed by atoms with van der Waals surface area (Å²) in [4.78, 5) is 4.45. The summed E-state index contributed by atoms with van der Waals surface area (Å²) < 4.78 is 5.30. The molecule has 20 heavy (non-hydrogen) atoms. The van der Waals surface area contributed by atoms with E-state index in [-0.39, 0.29) is 11.0 Å². The lowest BCUT2D eigenvalue weighted by atomic mass is 10.2. The number of para-hydroxylation sites is 1. The van der Waals surface area contributed by atoms with Crippen LogP contribution >= 0.6 is 23.5 Å². The van der Waals surface area contributed by atoms with Crippen LogP contribution in [0, 0.1) is 0 Å². The van der Waals surface area contributed by atoms with Crippen molar-refractivity contribution < 1.29 is 9.63 Å². The molecule has 1 aromatic heterocycles. The predicted molar refractivity (Wildman–Crippen MR) is 83.1 cm³/mol. The zero-order valence-corrected chi connectivity index (χ0v) is 12.9. The molecule has 0 aliphatic carbocycles. The van der Waals surface area contributed by atoms with Crippen molar-refractivity contribution in [1.82, 2.24) is 10.1 Å². The van der Waals surface area contributed by atoms with Gasteiger partial charge in [0.05, 0.1) is 10.8 Å². The number of phenols is 1. The van der Waals surface area contributed by atoms with Crippen molar-refractivity contribution in [2.45, 2.75) is 29.6 Å². The van der Waals surface area contributed by atoms with Gasteiger partial charge in [-0.1, -0.05) is 31.1 Å². The second kappa shape index (κ2) is 5.69. The van der Waals surface area contributed by atoms with Crippen LogP contribution in [0.3, 0.4) is 0 Å². The van der Waals surface area contributed by atoms with Crippen molar-refractivity contribution in [1.29, 1.82) is 0 Å². The van der Waals surface area contributed by atoms with Crippen molar-refractivity contribution in [2.75, 3.05) is 5.75 Å². The highest BCUT2D eigenvalue weighted by Gasteiger charge is 2.30. The topological polar surface area (TPSA) is 59.2 Å². The molecule has 2 aromatic rings. The lowest BCUT2D eigenvalue weighted by Crippen LogP contribution is -2.22. The largest absolute Gasteiger partial charge is 0.507 e. The lowest BCUT2D eigenvalue weighted by molar-refractivity contribution is 0.417. The van der Waals surface area contributed by atoms with E-state index >= 15 is 0 Å². The molecule has 1 aliphatic heterocycles. The van der Waals surface area contributed by atoms with Crippen molar-refractivity contribution in [3.63, 3.8) is 0 Å². The summed E-state index contributed by atoms with van der Waals surface area (Å²) in [5, 5.41) is 15.4. The van der Waals surface area contributed by atoms with Gasteiger partial charge in [-0.15, -0.1) is 11.8 Å². The molecule has 3 rings (SSSR count). The summed E-state index contributed by atoms with van der Waals surface area (Å²) in [6, 6.07) is 7.01. The molecule has 3 atom stereocenters. The molecule has 1 aromatic carbocycles. The highest BCUT2D eigenvalue weighted by molar-refractivity contribution is 8.07. The van der Waals surface area contributed by atoms with Crippen LogP contribution in [0.25, 0.3) is 11.5 Å². The lowest BCUT2D eigenvalue weighted by Gasteiger charge is -2.29. The van der Waals surface area contributed by atoms with Gasteiger partial charge in [0.25, 0.3) is 5.89 Å². The predicted octanol–water partition coefficient (Wildman–Crippen LogP) is 3.74. The summed E-state index contributed by atoms with van der Waals surface area (Å²) in [5.41, 5.74) is 0.584. The molecule has 1 aliphatic rings. The first-order valence-corrected chi connectivity index (χ1v) is 8.53. The Morgan fingerprint density at radius 1 is 1.25 bits per heavy atom. The molecule has 6 heteroatoms. The summed E-state index contributed by atoms with van der Waals surface area (Å²) >= 11 is 3.84. The third kappa shape index (κ3) is 2.67. The molecular formula is C14H16N2O2S2. The minimum atomic E-state index is 0.162. The van der Waals surface area contributed by atoms with Crippen molar-refractivity contribution in [3.05, 3.63) is 30.1 Å². The Bertz CT molecular complexity index is 602. The number of thioether (sulfide) groups is 2. The van der Waals surface area contributed by atoms with E-state index in [0.29, 0.717) is 22.0 Å². The maximum Gasteiger partial charge on any atom is 0.261 e. The van der Waals surface area contributed by atoms with E-state index in [1.54, 1.807) is 18.2 Å². The van der Waals surface area contributed by atoms with Crippen LogP contribution < -0.4 is 0 Å². The van der Waals surface area contributed by atoms with Crippen LogP contribution in [0.15, 0.2) is 28.8 Å². The Morgan fingerprint density at radius 2 is 2.05 bits per heavy atom. The molecule has 3 unspecified atom stereocenters. The van der Waals surface area contributed by atoms with Crippen LogP contribution in [0.4, 0.5) is 0 Å². The first-order valence-electron chi connectivity index (χ1n) is 6.54. The molecule has 1 fully saturated rings. The Labute approximate surface area is 126 Å². The van der Waals surface area contributed by atoms with E-state index in [4.69, 9.17) is 4.52 Å². The molecule has 0 amide bonds. The van der Waals surface area contributed by atoms with Crippen molar-refractivity contribution in [2.24, 2.45) is 0 Å². The van der Waals surface area contributed by atoms with E-state index in [2.05, 4.69) is 24.0 Å². The number of phenolic OH excluding ortho intramolecular Hbond substituents is 1. The zero-order valence-electron chi connectivity index (χ0n) is 11.3. The molecule has 0 spiro atoms. The van der Waals surface area contributed by atoms with Gasteiger partial charge in [0, 0.05) is 16.3 Å². The summed E-state index contributed by atoms with van der Waals surface area (Å²) in [6.45, 7) is 4.49. The quantitative estimate of drug-likeness (QED) is 0.912. The first kappa shape index (κ1) is 13.8. The number of aromatic hydroxyl groups is 1. The third-order valence-corrected chi connectivity index (χ3v) is 6.80. The number of hydrogen-bond donors (Lipinski definition) is 1. The molecule has 0 bridgehead atoms. The van der Waals surface area contributed by atoms with Crippen LogP contribution in [-0.4, -0.2) is 31.5 Å². The molecule has 1 N–H and O–H groups in total. The van der Waals surface area contributed by atoms with E-state index in [0.717, 1.165) is 11.6 Å². The van der Waals surface area contributed by atoms with E-state index in [1.807, 2.05) is 29.6 Å². The van der Waals surface area contributed by atoms with E-state index < -0.39 is 0 Å². The van der Waals surface area contributed by atoms with Crippen LogP contribution in [0.1, 0.15) is 24.9 Å². The molecule has 1 saturated heterocycles. The van der Waals surface area contributed by atoms with E-state index in [9.17, 15) is 5.11 Å². The number of hydrogen-bond acceptors (Lipinski definition) is 6. The van der Waals surface area contributed by atoms with Gasteiger partial charge < -0.3 is 9.63 Å². The fourth-order valence-electron chi connectivity index (χ4n) is 2.05. The van der Waals surface area contributed by atoms with Gasteiger partial charge in [-0.05, 0) is 12.1 Å². The summed E-state index contributed by atoms with van der Waals surface area (Å²) in [6.07, 6.45) is 0. The van der Waals surface area contributed by atoms with Gasteiger partial charge in [0.15, 0.2) is 5.82 Å². The molecule has 4 nitrogen and oxygen atoms in total. The zero-order chi connectivity index (χ0) is 14.1. The molecular weight excluding hydrogens is 292 g/mol. The summed E-state index contributed by atoms with van der Waals surface area (Å²) in [5.74, 6) is 2.26. The van der Waals surface area contributed by atoms with Crippen LogP contribution in [0.2, 0.25) is 0 Å². The van der Waals surface area contributed by atoms with Gasteiger partial charge in [-0.2, -0.15) is 16.7 Å². The number of aromatic nitrogens is 2. The highest BCUT2D eigenvalue weighted by atomic mass is 32.2. The second-order valence-electron chi connectivity index (χ2n) is 4.84. The van der Waals surface area contributed by atoms with Gasteiger partial charge in [-0.3, -0.25) is 0 Å².